The number of ketones is 1. The van der Waals surface area contributed by atoms with Crippen molar-refractivity contribution in [3.63, 3.8) is 0 Å². The Morgan fingerprint density at radius 3 is 2.11 bits per heavy atom. The van der Waals surface area contributed by atoms with Crippen LogP contribution < -0.4 is 30.7 Å². The van der Waals surface area contributed by atoms with Crippen LogP contribution in [0, 0.1) is 0 Å². The predicted octanol–water partition coefficient (Wildman–Crippen LogP) is 2.85. The number of carboxylic acids is 2. The van der Waals surface area contributed by atoms with E-state index in [4.69, 9.17) is 19.7 Å². The number of amides is 4. The van der Waals surface area contributed by atoms with Crippen LogP contribution in [-0.4, -0.2) is 88.9 Å². The fraction of sp³-hybridized carbons (Fsp3) is 0.425. The fourth-order valence-corrected chi connectivity index (χ4v) is 6.69. The standard InChI is InChI=1S/C40H48N4O11/c1-25(45)20-31(37(51)41-19-9-13-29-12-8-11-28-10-4-5-14-30(28)29)43-39(53)40(17-6-3-7-18-40)44-38(52)32(42-26(2)46)21-27-15-16-33(54-23-35(47)48)34(22-27)55-24-36(49)50/h4-5,8,10-12,14-16,22,31-32H,3,6-7,9,13,17-21,23-24H2,1-2H3,(H,41,51)(H,42,46)(H,43,53)(H,44,52)(H,47,48)(H,49,50)/t31-,32-/m0/s1. The Labute approximate surface area is 318 Å². The summed E-state index contributed by atoms with van der Waals surface area (Å²) in [6.45, 7) is 1.38. The third-order valence-electron chi connectivity index (χ3n) is 9.26. The molecular formula is C40H48N4O11. The lowest BCUT2D eigenvalue weighted by molar-refractivity contribution is -0.140. The number of carboxylic acid groups (broad SMARTS) is 2. The van der Waals surface area contributed by atoms with Crippen molar-refractivity contribution in [2.24, 2.45) is 0 Å². The zero-order valence-corrected chi connectivity index (χ0v) is 31.0. The lowest BCUT2D eigenvalue weighted by Crippen LogP contribution is -2.65. The molecule has 0 bridgehead atoms. The average Bonchev–Trinajstić information content (AvgIpc) is 3.14. The lowest BCUT2D eigenvalue weighted by atomic mass is 9.80. The first-order valence-corrected chi connectivity index (χ1v) is 18.2. The van der Waals surface area contributed by atoms with Gasteiger partial charge in [-0.1, -0.05) is 67.8 Å². The maximum absolute atomic E-state index is 14.1. The second-order valence-corrected chi connectivity index (χ2v) is 13.7. The number of fused-ring (bicyclic) bond motifs is 1. The van der Waals surface area contributed by atoms with Gasteiger partial charge < -0.3 is 41.0 Å². The first-order chi connectivity index (χ1) is 26.3. The summed E-state index contributed by atoms with van der Waals surface area (Å²) >= 11 is 0. The number of Topliss-reactive ketones (excluding diaryl/α,β-unsaturated/α-hetero) is 1. The van der Waals surface area contributed by atoms with Gasteiger partial charge in [-0.3, -0.25) is 24.0 Å². The maximum atomic E-state index is 14.1. The van der Waals surface area contributed by atoms with Crippen molar-refractivity contribution < 1.29 is 53.2 Å². The van der Waals surface area contributed by atoms with Crippen LogP contribution in [-0.2, 0) is 46.4 Å². The van der Waals surface area contributed by atoms with E-state index in [0.29, 0.717) is 37.8 Å². The van der Waals surface area contributed by atoms with Gasteiger partial charge in [0.05, 0.1) is 0 Å². The largest absolute Gasteiger partial charge is 0.479 e. The number of ether oxygens (including phenoxy) is 2. The van der Waals surface area contributed by atoms with E-state index in [0.717, 1.165) is 22.8 Å². The Bertz CT molecular complexity index is 1880. The topological polar surface area (TPSA) is 227 Å². The summed E-state index contributed by atoms with van der Waals surface area (Å²) in [4.78, 5) is 88.1. The molecule has 55 heavy (non-hydrogen) atoms. The van der Waals surface area contributed by atoms with Crippen molar-refractivity contribution in [3.8, 4) is 11.5 Å². The molecule has 0 saturated heterocycles. The molecule has 1 fully saturated rings. The van der Waals surface area contributed by atoms with Crippen molar-refractivity contribution in [2.75, 3.05) is 19.8 Å². The Morgan fingerprint density at radius 2 is 1.44 bits per heavy atom. The third kappa shape index (κ3) is 12.5. The molecule has 1 aliphatic carbocycles. The normalized spacial score (nSPS) is 14.4. The molecule has 0 heterocycles. The zero-order valence-electron chi connectivity index (χ0n) is 31.0. The number of aryl methyl sites for hydroxylation is 1. The molecule has 1 saturated carbocycles. The van der Waals surface area contributed by atoms with Crippen LogP contribution >= 0.6 is 0 Å². The number of nitrogens with one attached hydrogen (secondary N) is 4. The van der Waals surface area contributed by atoms with Crippen LogP contribution in [0.1, 0.15) is 69.9 Å². The summed E-state index contributed by atoms with van der Waals surface area (Å²) in [5.74, 6) is -5.37. The van der Waals surface area contributed by atoms with E-state index < -0.39 is 66.4 Å². The number of carbonyl (C=O) groups excluding carboxylic acids is 5. The SMILES string of the molecule is CC(=O)C[C@H](NC(=O)C1(NC(=O)[C@H](Cc2ccc(OCC(=O)O)c(OCC(=O)O)c2)NC(C)=O)CCCCC1)C(=O)NCCCc1cccc2ccccc12. The van der Waals surface area contributed by atoms with E-state index in [2.05, 4.69) is 27.3 Å². The monoisotopic (exact) mass is 760 g/mol. The van der Waals surface area contributed by atoms with Gasteiger partial charge in [0.2, 0.25) is 23.6 Å². The van der Waals surface area contributed by atoms with Gasteiger partial charge in [-0.2, -0.15) is 0 Å². The quantitative estimate of drug-likeness (QED) is 0.0919. The van der Waals surface area contributed by atoms with Crippen LogP contribution in [0.2, 0.25) is 0 Å². The zero-order chi connectivity index (χ0) is 40.0. The van der Waals surface area contributed by atoms with Gasteiger partial charge in [-0.25, -0.2) is 9.59 Å². The van der Waals surface area contributed by atoms with Crippen molar-refractivity contribution in [2.45, 2.75) is 89.3 Å². The van der Waals surface area contributed by atoms with Crippen LogP contribution in [0.5, 0.6) is 11.5 Å². The molecule has 3 aromatic rings. The highest BCUT2D eigenvalue weighted by Gasteiger charge is 2.43. The molecule has 1 aliphatic rings. The van der Waals surface area contributed by atoms with Crippen LogP contribution in [0.3, 0.4) is 0 Å². The van der Waals surface area contributed by atoms with Crippen LogP contribution in [0.4, 0.5) is 0 Å². The molecule has 15 heteroatoms. The molecular weight excluding hydrogens is 712 g/mol. The second kappa shape index (κ2) is 19.9. The fourth-order valence-electron chi connectivity index (χ4n) is 6.69. The first-order valence-electron chi connectivity index (χ1n) is 18.2. The Kier molecular flexibility index (Phi) is 15.1. The van der Waals surface area contributed by atoms with E-state index in [1.807, 2.05) is 36.4 Å². The molecule has 3 aromatic carbocycles. The summed E-state index contributed by atoms with van der Waals surface area (Å²) in [6, 6.07) is 16.0. The summed E-state index contributed by atoms with van der Waals surface area (Å²) in [7, 11) is 0. The van der Waals surface area contributed by atoms with Crippen LogP contribution in [0.15, 0.2) is 60.7 Å². The minimum Gasteiger partial charge on any atom is -0.479 e. The number of carbonyl (C=O) groups is 7. The van der Waals surface area contributed by atoms with Crippen LogP contribution in [0.25, 0.3) is 10.8 Å². The third-order valence-corrected chi connectivity index (χ3v) is 9.26. The summed E-state index contributed by atoms with van der Waals surface area (Å²) in [5.41, 5.74) is 0.0972. The summed E-state index contributed by atoms with van der Waals surface area (Å²) < 4.78 is 10.5. The highest BCUT2D eigenvalue weighted by molar-refractivity contribution is 5.98. The first kappa shape index (κ1) is 41.8. The second-order valence-electron chi connectivity index (χ2n) is 13.7. The molecule has 0 radical (unpaired) electrons. The Hall–Kier alpha value is -5.99. The van der Waals surface area contributed by atoms with E-state index in [-0.39, 0.29) is 43.0 Å². The molecule has 0 spiro atoms. The van der Waals surface area contributed by atoms with E-state index in [1.165, 1.54) is 32.0 Å². The van der Waals surface area contributed by atoms with Gasteiger partial charge in [0.1, 0.15) is 23.4 Å². The summed E-state index contributed by atoms with van der Waals surface area (Å²) in [5, 5.41) is 31.4. The molecule has 6 N–H and O–H groups in total. The number of rotatable bonds is 20. The van der Waals surface area contributed by atoms with E-state index in [9.17, 15) is 33.6 Å². The smallest absolute Gasteiger partial charge is 0.341 e. The number of benzene rings is 3. The minimum absolute atomic E-state index is 0.0419. The number of hydrogen-bond donors (Lipinski definition) is 6. The van der Waals surface area contributed by atoms with Gasteiger partial charge in [0, 0.05) is 26.3 Å². The number of hydrogen-bond acceptors (Lipinski definition) is 9. The Balaban J connectivity index is 1.47. The highest BCUT2D eigenvalue weighted by atomic mass is 16.5. The van der Waals surface area contributed by atoms with E-state index >= 15 is 0 Å². The molecule has 15 nitrogen and oxygen atoms in total. The minimum atomic E-state index is -1.44. The van der Waals surface area contributed by atoms with Crippen molar-refractivity contribution in [1.82, 2.24) is 21.3 Å². The number of aliphatic carboxylic acids is 2. The molecule has 4 rings (SSSR count). The van der Waals surface area contributed by atoms with Crippen molar-refractivity contribution in [1.29, 1.82) is 0 Å². The van der Waals surface area contributed by atoms with Crippen molar-refractivity contribution in [3.05, 3.63) is 71.8 Å². The average molecular weight is 761 g/mol. The van der Waals surface area contributed by atoms with E-state index in [1.54, 1.807) is 0 Å². The van der Waals surface area contributed by atoms with Crippen molar-refractivity contribution >= 4 is 52.1 Å². The highest BCUT2D eigenvalue weighted by Crippen LogP contribution is 2.31. The molecule has 4 amide bonds. The van der Waals surface area contributed by atoms with Gasteiger partial charge in [-0.05, 0) is 66.6 Å². The van der Waals surface area contributed by atoms with Gasteiger partial charge in [0.25, 0.3) is 0 Å². The predicted molar refractivity (Wildman–Crippen MR) is 200 cm³/mol. The summed E-state index contributed by atoms with van der Waals surface area (Å²) in [6.07, 6.45) is 3.45. The lowest BCUT2D eigenvalue weighted by Gasteiger charge is -2.38. The molecule has 2 atom stereocenters. The van der Waals surface area contributed by atoms with Gasteiger partial charge >= 0.3 is 11.9 Å². The van der Waals surface area contributed by atoms with Gasteiger partial charge in [-0.15, -0.1) is 0 Å². The molecule has 0 aliphatic heterocycles. The maximum Gasteiger partial charge on any atom is 0.341 e. The molecule has 0 unspecified atom stereocenters. The molecule has 0 aromatic heterocycles. The molecule has 294 valence electrons. The Morgan fingerprint density at radius 1 is 0.764 bits per heavy atom. The van der Waals surface area contributed by atoms with Gasteiger partial charge in [0.15, 0.2) is 24.7 Å².